The quantitative estimate of drug-likeness (QED) is 0.601. The van der Waals surface area contributed by atoms with E-state index in [1.165, 1.54) is 6.92 Å². The molecule has 8 nitrogen and oxygen atoms in total. The van der Waals surface area contributed by atoms with Gasteiger partial charge in [-0.05, 0) is 43.7 Å². The van der Waals surface area contributed by atoms with Crippen molar-refractivity contribution >= 4 is 29.1 Å². The van der Waals surface area contributed by atoms with Gasteiger partial charge >= 0.3 is 0 Å². The molecule has 1 saturated heterocycles. The number of benzene rings is 1. The van der Waals surface area contributed by atoms with Crippen LogP contribution in [0, 0.1) is 0 Å². The molecule has 0 spiro atoms. The number of rotatable bonds is 9. The highest BCUT2D eigenvalue weighted by Crippen LogP contribution is 2.13. The number of nitrogens with one attached hydrogen (secondary N) is 3. The van der Waals surface area contributed by atoms with Crippen molar-refractivity contribution < 1.29 is 19.1 Å². The van der Waals surface area contributed by atoms with E-state index in [-0.39, 0.29) is 36.9 Å². The first-order valence-corrected chi connectivity index (χ1v) is 9.24. The van der Waals surface area contributed by atoms with E-state index in [4.69, 9.17) is 4.74 Å². The summed E-state index contributed by atoms with van der Waals surface area (Å²) in [5, 5.41) is 8.32. The number of anilines is 2. The maximum atomic E-state index is 12.2. The Labute approximate surface area is 159 Å². The third-order valence-electron chi connectivity index (χ3n) is 4.22. The molecule has 0 unspecified atom stereocenters. The first-order chi connectivity index (χ1) is 13.0. The van der Waals surface area contributed by atoms with Gasteiger partial charge in [-0.1, -0.05) is 6.92 Å². The lowest BCUT2D eigenvalue weighted by Gasteiger charge is -2.20. The summed E-state index contributed by atoms with van der Waals surface area (Å²) < 4.78 is 5.48. The summed E-state index contributed by atoms with van der Waals surface area (Å²) in [5.41, 5.74) is 1.30. The Hall–Kier alpha value is -2.45. The lowest BCUT2D eigenvalue weighted by molar-refractivity contribution is -0.123. The Morgan fingerprint density at radius 1 is 1.07 bits per heavy atom. The Balaban J connectivity index is 1.74. The topological polar surface area (TPSA) is 99.8 Å². The van der Waals surface area contributed by atoms with Crippen molar-refractivity contribution in [3.63, 3.8) is 0 Å². The van der Waals surface area contributed by atoms with E-state index >= 15 is 0 Å². The predicted molar refractivity (Wildman–Crippen MR) is 103 cm³/mol. The molecule has 3 amide bonds. The monoisotopic (exact) mass is 376 g/mol. The van der Waals surface area contributed by atoms with Crippen LogP contribution in [0.4, 0.5) is 11.4 Å². The minimum absolute atomic E-state index is 0.104. The molecule has 1 fully saturated rings. The molecule has 148 valence electrons. The fourth-order valence-corrected chi connectivity index (χ4v) is 2.82. The fourth-order valence-electron chi connectivity index (χ4n) is 2.82. The van der Waals surface area contributed by atoms with Gasteiger partial charge in [-0.15, -0.1) is 0 Å². The average Bonchev–Trinajstić information content (AvgIpc) is 3.14. The molecule has 1 aliphatic heterocycles. The van der Waals surface area contributed by atoms with E-state index in [9.17, 15) is 14.4 Å². The van der Waals surface area contributed by atoms with Gasteiger partial charge in [-0.25, -0.2) is 0 Å². The van der Waals surface area contributed by atoms with Gasteiger partial charge in [0.15, 0.2) is 0 Å². The molecule has 0 aromatic heterocycles. The number of hydrogen-bond acceptors (Lipinski definition) is 5. The largest absolute Gasteiger partial charge is 0.376 e. The van der Waals surface area contributed by atoms with Gasteiger partial charge in [0, 0.05) is 31.5 Å². The highest BCUT2D eigenvalue weighted by Gasteiger charge is 2.18. The molecule has 0 aliphatic carbocycles. The highest BCUT2D eigenvalue weighted by atomic mass is 16.5. The number of hydrogen-bond donors (Lipinski definition) is 3. The summed E-state index contributed by atoms with van der Waals surface area (Å²) in [5.74, 6) is -0.459. The zero-order chi connectivity index (χ0) is 19.6. The lowest BCUT2D eigenvalue weighted by Crippen LogP contribution is -2.42. The van der Waals surface area contributed by atoms with Crippen molar-refractivity contribution in [3.05, 3.63) is 24.3 Å². The van der Waals surface area contributed by atoms with Crippen LogP contribution in [0.25, 0.3) is 0 Å². The molecular weight excluding hydrogens is 348 g/mol. The zero-order valence-electron chi connectivity index (χ0n) is 15.9. The zero-order valence-corrected chi connectivity index (χ0v) is 15.9. The minimum atomic E-state index is -0.198. The molecule has 8 heteroatoms. The molecule has 0 radical (unpaired) electrons. The predicted octanol–water partition coefficient (Wildman–Crippen LogP) is 1.20. The summed E-state index contributed by atoms with van der Waals surface area (Å²) in [7, 11) is 0. The number of carbonyl (C=O) groups is 3. The Morgan fingerprint density at radius 2 is 1.70 bits per heavy atom. The Morgan fingerprint density at radius 3 is 2.26 bits per heavy atom. The maximum absolute atomic E-state index is 12.2. The van der Waals surface area contributed by atoms with Crippen LogP contribution in [0.1, 0.15) is 26.7 Å². The van der Waals surface area contributed by atoms with E-state index < -0.39 is 0 Å². The smallest absolute Gasteiger partial charge is 0.238 e. The standard InChI is InChI=1S/C19H28N4O4/c1-3-23(12-18(25)20-11-17-5-4-10-27-17)13-19(26)22-16-8-6-15(7-9-16)21-14(2)24/h6-9,17H,3-5,10-13H2,1-2H3,(H,20,25)(H,21,24)(H,22,26)/t17-/m0/s1. The van der Waals surface area contributed by atoms with Gasteiger partial charge in [-0.2, -0.15) is 0 Å². The lowest BCUT2D eigenvalue weighted by atomic mass is 10.2. The second kappa shape index (κ2) is 10.6. The number of amides is 3. The maximum Gasteiger partial charge on any atom is 0.238 e. The van der Waals surface area contributed by atoms with Crippen molar-refractivity contribution in [2.24, 2.45) is 0 Å². The van der Waals surface area contributed by atoms with Crippen LogP contribution in [0.15, 0.2) is 24.3 Å². The van der Waals surface area contributed by atoms with Gasteiger partial charge in [0.25, 0.3) is 0 Å². The fraction of sp³-hybridized carbons (Fsp3) is 0.526. The molecule has 0 saturated carbocycles. The van der Waals surface area contributed by atoms with Crippen LogP contribution in [0.3, 0.4) is 0 Å². The van der Waals surface area contributed by atoms with Crippen LogP contribution in [-0.2, 0) is 19.1 Å². The van der Waals surface area contributed by atoms with Crippen LogP contribution >= 0.6 is 0 Å². The molecule has 1 aromatic carbocycles. The normalized spacial score (nSPS) is 16.2. The molecule has 2 rings (SSSR count). The Bertz CT molecular complexity index is 642. The van der Waals surface area contributed by atoms with E-state index in [2.05, 4.69) is 16.0 Å². The second-order valence-corrected chi connectivity index (χ2v) is 6.55. The summed E-state index contributed by atoms with van der Waals surface area (Å²) in [6, 6.07) is 6.86. The van der Waals surface area contributed by atoms with Crippen LogP contribution in [0.2, 0.25) is 0 Å². The van der Waals surface area contributed by atoms with Gasteiger partial charge in [-0.3, -0.25) is 19.3 Å². The molecule has 1 atom stereocenters. The number of carbonyl (C=O) groups excluding carboxylic acids is 3. The Kier molecular flexibility index (Phi) is 8.22. The van der Waals surface area contributed by atoms with Crippen molar-refractivity contribution in [3.8, 4) is 0 Å². The molecular formula is C19H28N4O4. The molecule has 0 bridgehead atoms. The molecule has 3 N–H and O–H groups in total. The number of likely N-dealkylation sites (N-methyl/N-ethyl adjacent to an activating group) is 1. The van der Waals surface area contributed by atoms with Gasteiger partial charge in [0.1, 0.15) is 0 Å². The summed E-state index contributed by atoms with van der Waals surface area (Å²) in [4.78, 5) is 37.1. The summed E-state index contributed by atoms with van der Waals surface area (Å²) in [6.07, 6.45) is 2.11. The summed E-state index contributed by atoms with van der Waals surface area (Å²) >= 11 is 0. The molecule has 27 heavy (non-hydrogen) atoms. The molecule has 1 heterocycles. The number of ether oxygens (including phenoxy) is 1. The van der Waals surface area contributed by atoms with Crippen LogP contribution < -0.4 is 16.0 Å². The van der Waals surface area contributed by atoms with Crippen molar-refractivity contribution in [1.82, 2.24) is 10.2 Å². The van der Waals surface area contributed by atoms with Crippen molar-refractivity contribution in [2.45, 2.75) is 32.8 Å². The van der Waals surface area contributed by atoms with Gasteiger partial charge < -0.3 is 20.7 Å². The first kappa shape index (κ1) is 20.9. The molecule has 1 aromatic rings. The van der Waals surface area contributed by atoms with E-state index in [0.29, 0.717) is 24.5 Å². The highest BCUT2D eigenvalue weighted by molar-refractivity contribution is 5.93. The first-order valence-electron chi connectivity index (χ1n) is 9.24. The SMILES string of the molecule is CCN(CC(=O)NC[C@@H]1CCCO1)CC(=O)Nc1ccc(NC(C)=O)cc1. The third kappa shape index (κ3) is 7.76. The minimum Gasteiger partial charge on any atom is -0.376 e. The summed E-state index contributed by atoms with van der Waals surface area (Å²) in [6.45, 7) is 5.49. The average molecular weight is 376 g/mol. The van der Waals surface area contributed by atoms with Crippen molar-refractivity contribution in [1.29, 1.82) is 0 Å². The van der Waals surface area contributed by atoms with Crippen molar-refractivity contribution in [2.75, 3.05) is 43.4 Å². The molecule has 1 aliphatic rings. The number of nitrogens with zero attached hydrogens (tertiary/aromatic N) is 1. The van der Waals surface area contributed by atoms with E-state index in [1.807, 2.05) is 6.92 Å². The van der Waals surface area contributed by atoms with Gasteiger partial charge in [0.2, 0.25) is 17.7 Å². The van der Waals surface area contributed by atoms with Crippen LogP contribution in [-0.4, -0.2) is 61.5 Å². The van der Waals surface area contributed by atoms with Gasteiger partial charge in [0.05, 0.1) is 19.2 Å². The third-order valence-corrected chi connectivity index (χ3v) is 4.22. The van der Waals surface area contributed by atoms with E-state index in [1.54, 1.807) is 29.2 Å². The van der Waals surface area contributed by atoms with E-state index in [0.717, 1.165) is 19.4 Å². The van der Waals surface area contributed by atoms with Crippen LogP contribution in [0.5, 0.6) is 0 Å². The second-order valence-electron chi connectivity index (χ2n) is 6.55.